The van der Waals surface area contributed by atoms with Crippen LogP contribution in [0.15, 0.2) is 48.8 Å². The van der Waals surface area contributed by atoms with Crippen LogP contribution in [0.4, 0.5) is 0 Å². The van der Waals surface area contributed by atoms with Gasteiger partial charge in [0.2, 0.25) is 0 Å². The second-order valence-corrected chi connectivity index (χ2v) is 11.2. The first-order valence-electron chi connectivity index (χ1n) is 12.3. The molecule has 6 nitrogen and oxygen atoms in total. The minimum Gasteiger partial charge on any atom is -0.460 e. The summed E-state index contributed by atoms with van der Waals surface area (Å²) in [5.74, 6) is -0.520. The van der Waals surface area contributed by atoms with Crippen molar-refractivity contribution >= 4 is 17.6 Å². The van der Waals surface area contributed by atoms with Gasteiger partial charge in [-0.05, 0) is 84.4 Å². The molecule has 0 amide bonds. The number of fused-ring (bicyclic) bond motifs is 1. The monoisotopic (exact) mass is 478 g/mol. The van der Waals surface area contributed by atoms with E-state index in [4.69, 9.17) is 14.5 Å². The number of carbonyl (C=O) groups excluding carboxylic acids is 2. The van der Waals surface area contributed by atoms with Crippen molar-refractivity contribution in [3.63, 3.8) is 0 Å². The number of hydrogen-bond acceptors (Lipinski definition) is 5. The minimum absolute atomic E-state index is 0.0268. The maximum absolute atomic E-state index is 12.5. The number of hydrogen-bond donors (Lipinski definition) is 0. The lowest BCUT2D eigenvalue weighted by Gasteiger charge is -2.23. The lowest BCUT2D eigenvalue weighted by atomic mass is 9.91. The molecule has 0 aliphatic carbocycles. The Hall–Kier alpha value is -3.15. The average molecular weight is 479 g/mol. The van der Waals surface area contributed by atoms with E-state index in [0.29, 0.717) is 12.8 Å². The first-order chi connectivity index (χ1) is 16.3. The normalized spacial score (nSPS) is 13.0. The molecule has 0 fully saturated rings. The maximum Gasteiger partial charge on any atom is 0.306 e. The Balaban J connectivity index is 1.71. The summed E-state index contributed by atoms with van der Waals surface area (Å²) in [6.07, 6.45) is 5.79. The third kappa shape index (κ3) is 8.23. The molecule has 0 aliphatic heterocycles. The van der Waals surface area contributed by atoms with Crippen molar-refractivity contribution in [3.05, 3.63) is 59.9 Å². The zero-order chi connectivity index (χ0) is 25.8. The van der Waals surface area contributed by atoms with Gasteiger partial charge in [0.15, 0.2) is 0 Å². The molecule has 3 aromatic rings. The Morgan fingerprint density at radius 3 is 2.17 bits per heavy atom. The van der Waals surface area contributed by atoms with E-state index in [1.807, 2.05) is 64.4 Å². The van der Waals surface area contributed by atoms with Crippen LogP contribution in [-0.2, 0) is 25.5 Å². The summed E-state index contributed by atoms with van der Waals surface area (Å²) >= 11 is 0. The van der Waals surface area contributed by atoms with Gasteiger partial charge in [0.05, 0.1) is 5.69 Å². The lowest BCUT2D eigenvalue weighted by Crippen LogP contribution is -2.27. The summed E-state index contributed by atoms with van der Waals surface area (Å²) in [6, 6.07) is 12.3. The summed E-state index contributed by atoms with van der Waals surface area (Å²) in [5, 5.41) is 0. The molecule has 0 spiro atoms. The minimum atomic E-state index is -0.541. The standard InChI is InChI=1S/C29H38N2O4/c1-20-9-8-16-31-19-24(30-27(20)31)23-13-10-21(11-14-23)17-22(18-26(33)35-29(5,6)7)12-15-25(32)34-28(2,3)4/h8-11,13-14,16,19,22H,12,15,17-18H2,1-7H3. The summed E-state index contributed by atoms with van der Waals surface area (Å²) in [6.45, 7) is 13.2. The first-order valence-corrected chi connectivity index (χ1v) is 12.3. The fourth-order valence-corrected chi connectivity index (χ4v) is 4.05. The van der Waals surface area contributed by atoms with Crippen LogP contribution in [-0.4, -0.2) is 32.5 Å². The Bertz CT molecular complexity index is 1160. The van der Waals surface area contributed by atoms with Gasteiger partial charge in [0, 0.05) is 30.8 Å². The highest BCUT2D eigenvalue weighted by Gasteiger charge is 2.23. The van der Waals surface area contributed by atoms with Gasteiger partial charge in [0.25, 0.3) is 0 Å². The van der Waals surface area contributed by atoms with Gasteiger partial charge in [-0.2, -0.15) is 0 Å². The zero-order valence-electron chi connectivity index (χ0n) is 22.1. The number of aromatic nitrogens is 2. The summed E-state index contributed by atoms with van der Waals surface area (Å²) in [7, 11) is 0. The molecule has 188 valence electrons. The van der Waals surface area contributed by atoms with Crippen LogP contribution in [0.5, 0.6) is 0 Å². The molecule has 1 aromatic carbocycles. The number of rotatable bonds is 8. The molecule has 2 heterocycles. The number of aryl methyl sites for hydroxylation is 1. The Labute approximate surface area is 208 Å². The topological polar surface area (TPSA) is 69.9 Å². The van der Waals surface area contributed by atoms with Crippen LogP contribution in [0, 0.1) is 12.8 Å². The number of nitrogens with zero attached hydrogens (tertiary/aromatic N) is 2. The predicted molar refractivity (Wildman–Crippen MR) is 138 cm³/mol. The largest absolute Gasteiger partial charge is 0.460 e. The van der Waals surface area contributed by atoms with E-state index in [2.05, 4.69) is 37.3 Å². The molecule has 0 saturated heterocycles. The molecule has 1 atom stereocenters. The van der Waals surface area contributed by atoms with E-state index >= 15 is 0 Å². The van der Waals surface area contributed by atoms with Crippen molar-refractivity contribution in [1.82, 2.24) is 9.38 Å². The van der Waals surface area contributed by atoms with Gasteiger partial charge in [-0.15, -0.1) is 0 Å². The molecule has 0 radical (unpaired) electrons. The molecule has 0 aliphatic rings. The molecule has 0 bridgehead atoms. The molecule has 0 saturated carbocycles. The van der Waals surface area contributed by atoms with E-state index in [1.165, 1.54) is 0 Å². The maximum atomic E-state index is 12.5. The molecule has 35 heavy (non-hydrogen) atoms. The zero-order valence-corrected chi connectivity index (χ0v) is 22.1. The highest BCUT2D eigenvalue weighted by Crippen LogP contribution is 2.25. The van der Waals surface area contributed by atoms with Gasteiger partial charge in [0.1, 0.15) is 16.8 Å². The Kier molecular flexibility index (Phi) is 8.04. The van der Waals surface area contributed by atoms with E-state index in [9.17, 15) is 9.59 Å². The van der Waals surface area contributed by atoms with Gasteiger partial charge in [-0.3, -0.25) is 9.59 Å². The Morgan fingerprint density at radius 1 is 0.943 bits per heavy atom. The summed E-state index contributed by atoms with van der Waals surface area (Å²) in [5.41, 5.74) is 4.07. The first kappa shape index (κ1) is 26.5. The van der Waals surface area contributed by atoms with E-state index in [1.54, 1.807) is 0 Å². The quantitative estimate of drug-likeness (QED) is 0.354. The number of pyridine rings is 1. The number of imidazole rings is 1. The van der Waals surface area contributed by atoms with Crippen LogP contribution in [0.1, 0.15) is 71.9 Å². The number of benzene rings is 1. The third-order valence-corrected chi connectivity index (χ3v) is 5.50. The van der Waals surface area contributed by atoms with Crippen LogP contribution in [0.2, 0.25) is 0 Å². The second-order valence-electron chi connectivity index (χ2n) is 11.2. The summed E-state index contributed by atoms with van der Waals surface area (Å²) < 4.78 is 13.0. The molecule has 6 heteroatoms. The predicted octanol–water partition coefficient (Wildman–Crippen LogP) is 6.32. The molecule has 2 aromatic heterocycles. The fraction of sp³-hybridized carbons (Fsp3) is 0.483. The number of ether oxygens (including phenoxy) is 2. The van der Waals surface area contributed by atoms with Crippen LogP contribution in [0.25, 0.3) is 16.9 Å². The average Bonchev–Trinajstić information content (AvgIpc) is 3.16. The molecular formula is C29H38N2O4. The van der Waals surface area contributed by atoms with E-state index < -0.39 is 11.2 Å². The highest BCUT2D eigenvalue weighted by molar-refractivity contribution is 5.71. The fourth-order valence-electron chi connectivity index (χ4n) is 4.05. The van der Waals surface area contributed by atoms with Crippen molar-refractivity contribution in [3.8, 4) is 11.3 Å². The van der Waals surface area contributed by atoms with E-state index in [-0.39, 0.29) is 30.7 Å². The van der Waals surface area contributed by atoms with Crippen LogP contribution in [0.3, 0.4) is 0 Å². The van der Waals surface area contributed by atoms with Crippen molar-refractivity contribution in [2.24, 2.45) is 5.92 Å². The molecule has 1 unspecified atom stereocenters. The number of carbonyl (C=O) groups is 2. The molecule has 3 rings (SSSR count). The van der Waals surface area contributed by atoms with Gasteiger partial charge in [-0.25, -0.2) is 4.98 Å². The van der Waals surface area contributed by atoms with Gasteiger partial charge >= 0.3 is 11.9 Å². The van der Waals surface area contributed by atoms with Crippen molar-refractivity contribution in [2.75, 3.05) is 0 Å². The third-order valence-electron chi connectivity index (χ3n) is 5.50. The van der Waals surface area contributed by atoms with Gasteiger partial charge < -0.3 is 13.9 Å². The van der Waals surface area contributed by atoms with E-state index in [0.717, 1.165) is 28.0 Å². The second kappa shape index (κ2) is 10.6. The van der Waals surface area contributed by atoms with Crippen molar-refractivity contribution in [2.45, 2.75) is 85.4 Å². The summed E-state index contributed by atoms with van der Waals surface area (Å²) in [4.78, 5) is 29.6. The Morgan fingerprint density at radius 2 is 1.57 bits per heavy atom. The van der Waals surface area contributed by atoms with Crippen LogP contribution >= 0.6 is 0 Å². The molecular weight excluding hydrogens is 440 g/mol. The SMILES string of the molecule is Cc1cccn2cc(-c3ccc(CC(CCC(=O)OC(C)(C)C)CC(=O)OC(C)(C)C)cc3)nc12. The van der Waals surface area contributed by atoms with Crippen LogP contribution < -0.4 is 0 Å². The van der Waals surface area contributed by atoms with Gasteiger partial charge in [-0.1, -0.05) is 30.3 Å². The smallest absolute Gasteiger partial charge is 0.306 e. The van der Waals surface area contributed by atoms with Crippen molar-refractivity contribution < 1.29 is 19.1 Å². The van der Waals surface area contributed by atoms with Crippen molar-refractivity contribution in [1.29, 1.82) is 0 Å². The lowest BCUT2D eigenvalue weighted by molar-refractivity contribution is -0.158. The molecule has 0 N–H and O–H groups in total. The highest BCUT2D eigenvalue weighted by atomic mass is 16.6. The number of esters is 2.